The van der Waals surface area contributed by atoms with Crippen LogP contribution < -0.4 is 5.32 Å². The molecule has 6 heteroatoms. The molecule has 0 bridgehead atoms. The van der Waals surface area contributed by atoms with Gasteiger partial charge in [0.2, 0.25) is 0 Å². The van der Waals surface area contributed by atoms with Gasteiger partial charge in [-0.3, -0.25) is 9.69 Å². The van der Waals surface area contributed by atoms with Crippen LogP contribution in [-0.4, -0.2) is 54.7 Å². The van der Waals surface area contributed by atoms with E-state index in [-0.39, 0.29) is 5.91 Å². The second-order valence-electron chi connectivity index (χ2n) is 5.58. The first kappa shape index (κ1) is 16.1. The number of carbonyl (C=O) groups is 1. The van der Waals surface area contributed by atoms with E-state index in [1.807, 2.05) is 0 Å². The van der Waals surface area contributed by atoms with Crippen LogP contribution in [0.5, 0.6) is 0 Å². The Morgan fingerprint density at radius 3 is 2.81 bits per heavy atom. The number of nitrogens with one attached hydrogen (secondary N) is 2. The Balaban J connectivity index is 1.97. The van der Waals surface area contributed by atoms with E-state index >= 15 is 0 Å². The highest BCUT2D eigenvalue weighted by molar-refractivity contribution is 7.71. The van der Waals surface area contributed by atoms with E-state index in [1.54, 1.807) is 18.3 Å². The average molecular weight is 309 g/mol. The number of rotatable bonds is 5. The molecular weight excluding hydrogens is 286 g/mol. The van der Waals surface area contributed by atoms with Gasteiger partial charge >= 0.3 is 0 Å². The lowest BCUT2D eigenvalue weighted by atomic mass is 10.0. The first-order chi connectivity index (χ1) is 10.1. The van der Waals surface area contributed by atoms with E-state index in [0.29, 0.717) is 28.7 Å². The first-order valence-electron chi connectivity index (χ1n) is 7.37. The maximum Gasteiger partial charge on any atom is 0.254 e. The molecule has 0 aliphatic carbocycles. The van der Waals surface area contributed by atoms with Crippen molar-refractivity contribution in [2.24, 2.45) is 5.92 Å². The molecule has 116 valence electrons. The minimum Gasteiger partial charge on any atom is -0.379 e. The summed E-state index contributed by atoms with van der Waals surface area (Å²) < 4.78 is 5.87. The summed E-state index contributed by atoms with van der Waals surface area (Å²) in [5, 5.41) is 3.01. The minimum absolute atomic E-state index is 0.115. The van der Waals surface area contributed by atoms with Crippen molar-refractivity contribution in [3.05, 3.63) is 28.5 Å². The topological polar surface area (TPSA) is 57.4 Å². The number of hydrogen-bond acceptors (Lipinski definition) is 4. The molecule has 1 aromatic rings. The van der Waals surface area contributed by atoms with E-state index in [4.69, 9.17) is 17.0 Å². The molecule has 0 saturated carbocycles. The molecule has 1 aliphatic heterocycles. The van der Waals surface area contributed by atoms with Gasteiger partial charge in [0.1, 0.15) is 4.64 Å². The van der Waals surface area contributed by atoms with Crippen molar-refractivity contribution in [2.75, 3.05) is 32.8 Å². The molecule has 0 radical (unpaired) electrons. The summed E-state index contributed by atoms with van der Waals surface area (Å²) in [7, 11) is 0. The van der Waals surface area contributed by atoms with Gasteiger partial charge < -0.3 is 15.0 Å². The SMILES string of the molecule is CC(C)C(CNC(=O)c1ccc[nH]c1=S)N1CCOCC1. The Morgan fingerprint density at radius 2 is 2.19 bits per heavy atom. The normalized spacial score (nSPS) is 17.7. The smallest absolute Gasteiger partial charge is 0.254 e. The van der Waals surface area contributed by atoms with Crippen LogP contribution in [0.4, 0.5) is 0 Å². The van der Waals surface area contributed by atoms with Crippen molar-refractivity contribution in [3.8, 4) is 0 Å². The van der Waals surface area contributed by atoms with E-state index < -0.39 is 0 Å². The molecule has 2 heterocycles. The molecule has 1 unspecified atom stereocenters. The van der Waals surface area contributed by atoms with Crippen molar-refractivity contribution in [1.82, 2.24) is 15.2 Å². The number of nitrogens with zero attached hydrogens (tertiary/aromatic N) is 1. The Labute approximate surface area is 130 Å². The number of amides is 1. The second-order valence-corrected chi connectivity index (χ2v) is 5.99. The van der Waals surface area contributed by atoms with Crippen molar-refractivity contribution in [2.45, 2.75) is 19.9 Å². The van der Waals surface area contributed by atoms with E-state index in [2.05, 4.69) is 29.0 Å². The van der Waals surface area contributed by atoms with Gasteiger partial charge in [-0.1, -0.05) is 26.1 Å². The van der Waals surface area contributed by atoms with Crippen molar-refractivity contribution in [1.29, 1.82) is 0 Å². The molecule has 1 aromatic heterocycles. The zero-order chi connectivity index (χ0) is 15.2. The van der Waals surface area contributed by atoms with Gasteiger partial charge in [-0.05, 0) is 18.1 Å². The predicted molar refractivity (Wildman–Crippen MR) is 85.0 cm³/mol. The van der Waals surface area contributed by atoms with Crippen LogP contribution in [0.15, 0.2) is 18.3 Å². The van der Waals surface area contributed by atoms with E-state index in [9.17, 15) is 4.79 Å². The van der Waals surface area contributed by atoms with Crippen molar-refractivity contribution < 1.29 is 9.53 Å². The monoisotopic (exact) mass is 309 g/mol. The van der Waals surface area contributed by atoms with Crippen LogP contribution in [0.25, 0.3) is 0 Å². The predicted octanol–water partition coefficient (Wildman–Crippen LogP) is 1.83. The first-order valence-corrected chi connectivity index (χ1v) is 7.78. The third kappa shape index (κ3) is 4.36. The maximum atomic E-state index is 12.2. The lowest BCUT2D eigenvalue weighted by Gasteiger charge is -2.36. The van der Waals surface area contributed by atoms with E-state index in [1.165, 1.54) is 0 Å². The summed E-state index contributed by atoms with van der Waals surface area (Å²) in [5.41, 5.74) is 0.525. The standard InChI is InChI=1S/C15H23N3O2S/c1-11(2)13(18-6-8-20-9-7-18)10-17-14(19)12-4-3-5-16-15(12)21/h3-5,11,13H,6-10H2,1-2H3,(H,16,21)(H,17,19). The average Bonchev–Trinajstić information content (AvgIpc) is 2.48. The summed E-state index contributed by atoms with van der Waals surface area (Å²) in [5.74, 6) is 0.351. The molecule has 1 saturated heterocycles. The highest BCUT2D eigenvalue weighted by atomic mass is 32.1. The van der Waals surface area contributed by atoms with Gasteiger partial charge in [0.25, 0.3) is 5.91 Å². The molecule has 1 fully saturated rings. The molecular formula is C15H23N3O2S. The Hall–Kier alpha value is -1.24. The zero-order valence-electron chi connectivity index (χ0n) is 12.6. The van der Waals surface area contributed by atoms with Crippen LogP contribution >= 0.6 is 12.2 Å². The van der Waals surface area contributed by atoms with Crippen LogP contribution in [0.3, 0.4) is 0 Å². The van der Waals surface area contributed by atoms with Gasteiger partial charge in [-0.25, -0.2) is 0 Å². The molecule has 2 N–H and O–H groups in total. The summed E-state index contributed by atoms with van der Waals surface area (Å²) in [6.07, 6.45) is 1.73. The fourth-order valence-electron chi connectivity index (χ4n) is 2.59. The quantitative estimate of drug-likeness (QED) is 0.815. The number of H-pyrrole nitrogens is 1. The lowest BCUT2D eigenvalue weighted by molar-refractivity contribution is 0.00672. The summed E-state index contributed by atoms with van der Waals surface area (Å²) in [6.45, 7) is 8.36. The van der Waals surface area contributed by atoms with Crippen LogP contribution in [0.2, 0.25) is 0 Å². The fraction of sp³-hybridized carbons (Fsp3) is 0.600. The fourth-order valence-corrected chi connectivity index (χ4v) is 2.82. The van der Waals surface area contributed by atoms with Crippen LogP contribution in [0.1, 0.15) is 24.2 Å². The third-order valence-electron chi connectivity index (χ3n) is 3.82. The Morgan fingerprint density at radius 1 is 1.48 bits per heavy atom. The largest absolute Gasteiger partial charge is 0.379 e. The number of aromatic nitrogens is 1. The minimum atomic E-state index is -0.115. The molecule has 5 nitrogen and oxygen atoms in total. The number of pyridine rings is 1. The second kappa shape index (κ2) is 7.68. The summed E-state index contributed by atoms with van der Waals surface area (Å²) >= 11 is 5.14. The maximum absolute atomic E-state index is 12.2. The Bertz CT molecular complexity index is 524. The summed E-state index contributed by atoms with van der Waals surface area (Å²) in [6, 6.07) is 3.85. The van der Waals surface area contributed by atoms with Gasteiger partial charge in [-0.15, -0.1) is 0 Å². The van der Waals surface area contributed by atoms with Gasteiger partial charge in [0.05, 0.1) is 18.8 Å². The highest BCUT2D eigenvalue weighted by Gasteiger charge is 2.24. The molecule has 21 heavy (non-hydrogen) atoms. The highest BCUT2D eigenvalue weighted by Crippen LogP contribution is 2.12. The van der Waals surface area contributed by atoms with Gasteiger partial charge in [0, 0.05) is 31.9 Å². The van der Waals surface area contributed by atoms with Crippen LogP contribution in [0, 0.1) is 10.6 Å². The van der Waals surface area contributed by atoms with Crippen molar-refractivity contribution in [3.63, 3.8) is 0 Å². The number of morpholine rings is 1. The van der Waals surface area contributed by atoms with E-state index in [0.717, 1.165) is 26.3 Å². The Kier molecular flexibility index (Phi) is 5.90. The number of ether oxygens (including phenoxy) is 1. The van der Waals surface area contributed by atoms with Crippen LogP contribution in [-0.2, 0) is 4.74 Å². The molecule has 1 amide bonds. The zero-order valence-corrected chi connectivity index (χ0v) is 13.4. The lowest BCUT2D eigenvalue weighted by Crippen LogP contribution is -2.51. The molecule has 0 spiro atoms. The molecule has 0 aromatic carbocycles. The molecule has 1 atom stereocenters. The molecule has 2 rings (SSSR count). The third-order valence-corrected chi connectivity index (χ3v) is 4.16. The van der Waals surface area contributed by atoms with Gasteiger partial charge in [-0.2, -0.15) is 0 Å². The molecule has 1 aliphatic rings. The number of hydrogen-bond donors (Lipinski definition) is 2. The number of aromatic amines is 1. The summed E-state index contributed by atoms with van der Waals surface area (Å²) in [4.78, 5) is 17.5. The van der Waals surface area contributed by atoms with Gasteiger partial charge in [0.15, 0.2) is 0 Å². The van der Waals surface area contributed by atoms with Crippen molar-refractivity contribution >= 4 is 18.1 Å². The number of carbonyl (C=O) groups excluding carboxylic acids is 1.